The van der Waals surface area contributed by atoms with Gasteiger partial charge < -0.3 is 15.0 Å². The smallest absolute Gasteiger partial charge is 0.226 e. The van der Waals surface area contributed by atoms with Gasteiger partial charge in [-0.05, 0) is 59.4 Å². The van der Waals surface area contributed by atoms with Crippen LogP contribution in [0.25, 0.3) is 0 Å². The van der Waals surface area contributed by atoms with E-state index in [2.05, 4.69) is 22.4 Å². The quantitative estimate of drug-likeness (QED) is 0.568. The number of halogens is 1. The van der Waals surface area contributed by atoms with Crippen LogP contribution in [0.5, 0.6) is 0 Å². The predicted molar refractivity (Wildman–Crippen MR) is 133 cm³/mol. The van der Waals surface area contributed by atoms with E-state index in [0.29, 0.717) is 25.3 Å². The maximum absolute atomic E-state index is 13.6. The molecule has 1 aliphatic heterocycles. The van der Waals surface area contributed by atoms with Crippen LogP contribution in [0.2, 0.25) is 0 Å². The molecule has 0 bridgehead atoms. The van der Waals surface area contributed by atoms with Crippen LogP contribution in [0.1, 0.15) is 48.1 Å². The van der Waals surface area contributed by atoms with Crippen LogP contribution in [0.15, 0.2) is 73.1 Å². The van der Waals surface area contributed by atoms with Crippen molar-refractivity contribution >= 4 is 11.8 Å². The average Bonchev–Trinajstić information content (AvgIpc) is 3.12. The van der Waals surface area contributed by atoms with E-state index in [1.807, 2.05) is 29.2 Å². The van der Waals surface area contributed by atoms with E-state index in [0.717, 1.165) is 24.0 Å². The summed E-state index contributed by atoms with van der Waals surface area (Å²) in [5, 5.41) is 3.14. The molecule has 1 aliphatic carbocycles. The highest BCUT2D eigenvalue weighted by Gasteiger charge is 2.54. The highest BCUT2D eigenvalue weighted by molar-refractivity contribution is 5.79. The zero-order valence-corrected chi connectivity index (χ0v) is 20.3. The lowest BCUT2D eigenvalue weighted by molar-refractivity contribution is -0.133. The lowest BCUT2D eigenvalue weighted by atomic mass is 9.71. The highest BCUT2D eigenvalue weighted by atomic mass is 19.1. The summed E-state index contributed by atoms with van der Waals surface area (Å²) in [6.45, 7) is 3.08. The van der Waals surface area contributed by atoms with Crippen molar-refractivity contribution in [3.05, 3.63) is 101 Å². The lowest BCUT2D eigenvalue weighted by Crippen LogP contribution is -2.52. The van der Waals surface area contributed by atoms with Gasteiger partial charge in [-0.3, -0.25) is 14.6 Å². The third kappa shape index (κ3) is 4.75. The SMILES string of the molecule is CC(=O)N[C@H]1c2ccccc2C2(CCN(C(=O)Cc3cccc(F)c3)CC2)[C@@H]1OCc1ccncc1. The van der Waals surface area contributed by atoms with Crippen LogP contribution in [0.3, 0.4) is 0 Å². The van der Waals surface area contributed by atoms with Gasteiger partial charge in [0.2, 0.25) is 11.8 Å². The number of benzene rings is 2. The molecule has 0 radical (unpaired) electrons. The summed E-state index contributed by atoms with van der Waals surface area (Å²) >= 11 is 0. The molecule has 2 aromatic carbocycles. The summed E-state index contributed by atoms with van der Waals surface area (Å²) < 4.78 is 20.2. The first-order valence-electron chi connectivity index (χ1n) is 12.4. The monoisotopic (exact) mass is 487 g/mol. The number of hydrogen-bond acceptors (Lipinski definition) is 4. The van der Waals surface area contributed by atoms with E-state index in [1.165, 1.54) is 24.6 Å². The number of amides is 2. The van der Waals surface area contributed by atoms with Crippen LogP contribution < -0.4 is 5.32 Å². The zero-order chi connectivity index (χ0) is 25.1. The average molecular weight is 488 g/mol. The predicted octanol–water partition coefficient (Wildman–Crippen LogP) is 4.10. The summed E-state index contributed by atoms with van der Waals surface area (Å²) in [4.78, 5) is 31.2. The van der Waals surface area contributed by atoms with Crippen molar-refractivity contribution in [1.29, 1.82) is 0 Å². The summed E-state index contributed by atoms with van der Waals surface area (Å²) in [6, 6.07) is 18.0. The molecule has 2 heterocycles. The van der Waals surface area contributed by atoms with Crippen LogP contribution in [-0.2, 0) is 32.8 Å². The molecule has 2 atom stereocenters. The van der Waals surface area contributed by atoms with Crippen molar-refractivity contribution in [2.75, 3.05) is 13.1 Å². The van der Waals surface area contributed by atoms with Crippen LogP contribution >= 0.6 is 0 Å². The molecule has 1 fully saturated rings. The van der Waals surface area contributed by atoms with Crippen LogP contribution in [-0.4, -0.2) is 40.9 Å². The Hall–Kier alpha value is -3.58. The standard InChI is InChI=1S/C29H30FN3O3/c1-20(34)32-27-24-7-2-3-8-25(24)29(28(27)36-19-21-9-13-31-14-10-21)11-15-33(16-12-29)26(35)18-22-5-4-6-23(30)17-22/h2-10,13-14,17,27-28H,11-12,15-16,18-19H2,1H3,(H,32,34)/t27-,28+/m0/s1. The van der Waals surface area contributed by atoms with E-state index >= 15 is 0 Å². The summed E-state index contributed by atoms with van der Waals surface area (Å²) in [5.74, 6) is -0.444. The molecule has 6 nitrogen and oxygen atoms in total. The van der Waals surface area contributed by atoms with Gasteiger partial charge in [0.15, 0.2) is 0 Å². The first-order valence-corrected chi connectivity index (χ1v) is 12.4. The van der Waals surface area contributed by atoms with Crippen LogP contribution in [0, 0.1) is 5.82 Å². The third-order valence-electron chi connectivity index (χ3n) is 7.47. The molecule has 3 aromatic rings. The fourth-order valence-corrected chi connectivity index (χ4v) is 5.79. The summed E-state index contributed by atoms with van der Waals surface area (Å²) in [7, 11) is 0. The Labute approximate surface area is 210 Å². The van der Waals surface area contributed by atoms with E-state index in [4.69, 9.17) is 4.74 Å². The van der Waals surface area contributed by atoms with Gasteiger partial charge in [0, 0.05) is 37.8 Å². The second-order valence-corrected chi connectivity index (χ2v) is 9.70. The number of carbonyl (C=O) groups is 2. The lowest BCUT2D eigenvalue weighted by Gasteiger charge is -2.44. The van der Waals surface area contributed by atoms with E-state index in [9.17, 15) is 14.0 Å². The number of fused-ring (bicyclic) bond motifs is 2. The van der Waals surface area contributed by atoms with Gasteiger partial charge in [-0.15, -0.1) is 0 Å². The number of ether oxygens (including phenoxy) is 1. The molecule has 7 heteroatoms. The topological polar surface area (TPSA) is 71.5 Å². The number of rotatable bonds is 6. The van der Waals surface area contributed by atoms with E-state index < -0.39 is 0 Å². The normalized spacial score (nSPS) is 20.2. The van der Waals surface area contributed by atoms with Gasteiger partial charge in [-0.1, -0.05) is 36.4 Å². The number of hydrogen-bond donors (Lipinski definition) is 1. The van der Waals surface area contributed by atoms with Crippen molar-refractivity contribution in [2.24, 2.45) is 0 Å². The Kier molecular flexibility index (Phi) is 6.83. The Morgan fingerprint density at radius 1 is 1.06 bits per heavy atom. The van der Waals surface area contributed by atoms with Crippen molar-refractivity contribution < 1.29 is 18.7 Å². The minimum atomic E-state index is -0.335. The number of pyridine rings is 1. The van der Waals surface area contributed by atoms with Crippen molar-refractivity contribution in [3.8, 4) is 0 Å². The van der Waals surface area contributed by atoms with Gasteiger partial charge in [0.05, 0.1) is 25.2 Å². The summed E-state index contributed by atoms with van der Waals surface area (Å²) in [5.41, 5.74) is 3.62. The Morgan fingerprint density at radius 2 is 1.81 bits per heavy atom. The van der Waals surface area contributed by atoms with Crippen molar-refractivity contribution in [3.63, 3.8) is 0 Å². The number of aromatic nitrogens is 1. The van der Waals surface area contributed by atoms with Gasteiger partial charge in [0.1, 0.15) is 5.82 Å². The maximum Gasteiger partial charge on any atom is 0.226 e. The number of carbonyl (C=O) groups excluding carboxylic acids is 2. The summed E-state index contributed by atoms with van der Waals surface area (Å²) in [6.07, 6.45) is 4.83. The molecule has 0 unspecified atom stereocenters. The van der Waals surface area contributed by atoms with Gasteiger partial charge in [-0.2, -0.15) is 0 Å². The molecule has 1 saturated heterocycles. The molecule has 1 spiro atoms. The Balaban J connectivity index is 1.39. The van der Waals surface area contributed by atoms with E-state index in [-0.39, 0.29) is 41.6 Å². The minimum Gasteiger partial charge on any atom is -0.370 e. The second kappa shape index (κ2) is 10.2. The second-order valence-electron chi connectivity index (χ2n) is 9.70. The van der Waals surface area contributed by atoms with Crippen molar-refractivity contribution in [1.82, 2.24) is 15.2 Å². The molecule has 1 aromatic heterocycles. The first kappa shape index (κ1) is 24.1. The van der Waals surface area contributed by atoms with Crippen LogP contribution in [0.4, 0.5) is 4.39 Å². The molecule has 36 heavy (non-hydrogen) atoms. The van der Waals surface area contributed by atoms with Gasteiger partial charge in [0.25, 0.3) is 0 Å². The third-order valence-corrected chi connectivity index (χ3v) is 7.47. The van der Waals surface area contributed by atoms with E-state index in [1.54, 1.807) is 24.5 Å². The molecule has 0 saturated carbocycles. The Morgan fingerprint density at radius 3 is 2.53 bits per heavy atom. The molecule has 2 aliphatic rings. The minimum absolute atomic E-state index is 0.00519. The number of piperidine rings is 1. The van der Waals surface area contributed by atoms with Gasteiger partial charge in [-0.25, -0.2) is 4.39 Å². The molecule has 5 rings (SSSR count). The molecule has 186 valence electrons. The number of nitrogens with zero attached hydrogens (tertiary/aromatic N) is 2. The zero-order valence-electron chi connectivity index (χ0n) is 20.3. The Bertz CT molecular complexity index is 1240. The maximum atomic E-state index is 13.6. The fourth-order valence-electron chi connectivity index (χ4n) is 5.79. The fraction of sp³-hybridized carbons (Fsp3) is 0.345. The highest BCUT2D eigenvalue weighted by Crippen LogP contribution is 2.52. The molecule has 1 N–H and O–H groups in total. The number of likely N-dealkylation sites (tertiary alicyclic amines) is 1. The number of nitrogens with one attached hydrogen (secondary N) is 1. The van der Waals surface area contributed by atoms with Gasteiger partial charge >= 0.3 is 0 Å². The molecular formula is C29H30FN3O3. The van der Waals surface area contributed by atoms with Crippen molar-refractivity contribution in [2.45, 2.75) is 50.4 Å². The molecular weight excluding hydrogens is 457 g/mol. The largest absolute Gasteiger partial charge is 0.370 e. The first-order chi connectivity index (χ1) is 17.5. The molecule has 2 amide bonds.